The van der Waals surface area contributed by atoms with Crippen molar-refractivity contribution in [2.24, 2.45) is 5.41 Å². The summed E-state index contributed by atoms with van der Waals surface area (Å²) in [5.74, 6) is 0. The number of rotatable bonds is 1. The topological polar surface area (TPSA) is 46.2 Å². The standard InChI is InChI=1S/C14H21NO2S/c1-5-10-6-7-11-12(8-10)18(16,17)13(9-15-11)14(2,3)4/h6-8,13,15H,5,9H2,1-4H3. The maximum Gasteiger partial charge on any atom is 0.185 e. The molecule has 1 unspecified atom stereocenters. The zero-order chi connectivity index (χ0) is 13.6. The lowest BCUT2D eigenvalue weighted by atomic mass is 9.91. The maximum atomic E-state index is 12.7. The van der Waals surface area contributed by atoms with Gasteiger partial charge in [0.25, 0.3) is 0 Å². The molecule has 0 aliphatic carbocycles. The smallest absolute Gasteiger partial charge is 0.185 e. The van der Waals surface area contributed by atoms with Gasteiger partial charge in [0.15, 0.2) is 9.84 Å². The van der Waals surface area contributed by atoms with Gasteiger partial charge in [0.1, 0.15) is 0 Å². The molecule has 0 bridgehead atoms. The van der Waals surface area contributed by atoms with E-state index in [9.17, 15) is 8.42 Å². The number of nitrogens with one attached hydrogen (secondary N) is 1. The molecule has 3 nitrogen and oxygen atoms in total. The number of aryl methyl sites for hydroxylation is 1. The molecule has 0 spiro atoms. The first-order chi connectivity index (χ1) is 8.26. The number of benzene rings is 1. The van der Waals surface area contributed by atoms with E-state index in [1.165, 1.54) is 0 Å². The molecular weight excluding hydrogens is 246 g/mol. The second kappa shape index (κ2) is 4.26. The molecule has 1 heterocycles. The molecule has 0 aromatic heterocycles. The highest BCUT2D eigenvalue weighted by Crippen LogP contribution is 2.37. The van der Waals surface area contributed by atoms with Gasteiger partial charge in [0.05, 0.1) is 15.8 Å². The van der Waals surface area contributed by atoms with E-state index in [1.54, 1.807) is 0 Å². The van der Waals surface area contributed by atoms with Crippen LogP contribution in [0.5, 0.6) is 0 Å². The fourth-order valence-electron chi connectivity index (χ4n) is 2.41. The minimum atomic E-state index is -3.24. The molecule has 0 radical (unpaired) electrons. The number of fused-ring (bicyclic) bond motifs is 1. The molecule has 0 fully saturated rings. The number of sulfone groups is 1. The van der Waals surface area contributed by atoms with Crippen molar-refractivity contribution in [3.63, 3.8) is 0 Å². The van der Waals surface area contributed by atoms with Crippen LogP contribution in [0, 0.1) is 5.41 Å². The van der Waals surface area contributed by atoms with E-state index in [0.29, 0.717) is 11.4 Å². The van der Waals surface area contributed by atoms with Crippen molar-refractivity contribution in [2.75, 3.05) is 11.9 Å². The van der Waals surface area contributed by atoms with E-state index < -0.39 is 9.84 Å². The average molecular weight is 267 g/mol. The second-order valence-electron chi connectivity index (χ2n) is 5.96. The summed E-state index contributed by atoms with van der Waals surface area (Å²) in [4.78, 5) is 0.466. The van der Waals surface area contributed by atoms with Crippen LogP contribution in [-0.4, -0.2) is 20.2 Å². The molecule has 2 rings (SSSR count). The van der Waals surface area contributed by atoms with E-state index >= 15 is 0 Å². The van der Waals surface area contributed by atoms with E-state index in [-0.39, 0.29) is 10.7 Å². The molecule has 1 aliphatic heterocycles. The highest BCUT2D eigenvalue weighted by molar-refractivity contribution is 7.92. The lowest BCUT2D eigenvalue weighted by Gasteiger charge is -2.35. The molecule has 1 aromatic rings. The van der Waals surface area contributed by atoms with Crippen LogP contribution >= 0.6 is 0 Å². The highest BCUT2D eigenvalue weighted by Gasteiger charge is 2.41. The van der Waals surface area contributed by atoms with Gasteiger partial charge in [-0.15, -0.1) is 0 Å². The van der Waals surface area contributed by atoms with Crippen LogP contribution in [0.4, 0.5) is 5.69 Å². The van der Waals surface area contributed by atoms with E-state index in [4.69, 9.17) is 0 Å². The van der Waals surface area contributed by atoms with Gasteiger partial charge in [0.2, 0.25) is 0 Å². The quantitative estimate of drug-likeness (QED) is 0.851. The second-order valence-corrected chi connectivity index (χ2v) is 8.06. The van der Waals surface area contributed by atoms with Gasteiger partial charge < -0.3 is 5.32 Å². The van der Waals surface area contributed by atoms with Crippen molar-refractivity contribution in [3.05, 3.63) is 23.8 Å². The Bertz CT molecular complexity index is 556. The Labute approximate surface area is 110 Å². The third-order valence-corrected chi connectivity index (χ3v) is 6.15. The predicted octanol–water partition coefficient (Wildman–Crippen LogP) is 2.86. The summed E-state index contributed by atoms with van der Waals surface area (Å²) < 4.78 is 25.4. The zero-order valence-electron chi connectivity index (χ0n) is 11.4. The molecule has 0 saturated carbocycles. The van der Waals surface area contributed by atoms with Gasteiger partial charge >= 0.3 is 0 Å². The predicted molar refractivity (Wildman–Crippen MR) is 74.7 cm³/mol. The monoisotopic (exact) mass is 267 g/mol. The fraction of sp³-hybridized carbons (Fsp3) is 0.571. The minimum Gasteiger partial charge on any atom is -0.383 e. The van der Waals surface area contributed by atoms with Crippen LogP contribution < -0.4 is 5.32 Å². The van der Waals surface area contributed by atoms with Crippen LogP contribution in [0.15, 0.2) is 23.1 Å². The third-order valence-electron chi connectivity index (χ3n) is 3.58. The van der Waals surface area contributed by atoms with Crippen LogP contribution in [0.2, 0.25) is 0 Å². The van der Waals surface area contributed by atoms with Gasteiger partial charge in [-0.05, 0) is 29.5 Å². The first-order valence-corrected chi connectivity index (χ1v) is 7.92. The SMILES string of the molecule is CCc1ccc2c(c1)S(=O)(=O)C(C(C)(C)C)CN2. The van der Waals surface area contributed by atoms with Crippen LogP contribution in [0.1, 0.15) is 33.3 Å². The van der Waals surface area contributed by atoms with E-state index in [1.807, 2.05) is 45.9 Å². The zero-order valence-corrected chi connectivity index (χ0v) is 12.3. The molecular formula is C14H21NO2S. The van der Waals surface area contributed by atoms with Crippen LogP contribution in [0.25, 0.3) is 0 Å². The van der Waals surface area contributed by atoms with Gasteiger partial charge in [0, 0.05) is 6.54 Å². The largest absolute Gasteiger partial charge is 0.383 e. The Morgan fingerprint density at radius 2 is 2.00 bits per heavy atom. The Morgan fingerprint density at radius 1 is 1.33 bits per heavy atom. The highest BCUT2D eigenvalue weighted by atomic mass is 32.2. The van der Waals surface area contributed by atoms with Gasteiger partial charge in [-0.2, -0.15) is 0 Å². The van der Waals surface area contributed by atoms with E-state index in [0.717, 1.165) is 17.7 Å². The van der Waals surface area contributed by atoms with Crippen molar-refractivity contribution in [1.82, 2.24) is 0 Å². The Kier molecular flexibility index (Phi) is 3.18. The van der Waals surface area contributed by atoms with Crippen molar-refractivity contribution < 1.29 is 8.42 Å². The van der Waals surface area contributed by atoms with Crippen molar-refractivity contribution >= 4 is 15.5 Å². The molecule has 1 aromatic carbocycles. The summed E-state index contributed by atoms with van der Waals surface area (Å²) in [6.45, 7) is 8.46. The first-order valence-electron chi connectivity index (χ1n) is 6.37. The maximum absolute atomic E-state index is 12.7. The van der Waals surface area contributed by atoms with Crippen LogP contribution in [-0.2, 0) is 16.3 Å². The van der Waals surface area contributed by atoms with Crippen molar-refractivity contribution in [2.45, 2.75) is 44.3 Å². The average Bonchev–Trinajstić information content (AvgIpc) is 2.26. The summed E-state index contributed by atoms with van der Waals surface area (Å²) in [6.07, 6.45) is 0.850. The summed E-state index contributed by atoms with van der Waals surface area (Å²) in [5.41, 5.74) is 1.55. The van der Waals surface area contributed by atoms with Crippen molar-refractivity contribution in [3.8, 4) is 0 Å². The third kappa shape index (κ3) is 2.14. The molecule has 4 heteroatoms. The minimum absolute atomic E-state index is 0.258. The number of hydrogen-bond donors (Lipinski definition) is 1. The van der Waals surface area contributed by atoms with Gasteiger partial charge in [-0.25, -0.2) is 8.42 Å². The Balaban J connectivity index is 2.57. The number of anilines is 1. The van der Waals surface area contributed by atoms with Gasteiger partial charge in [-0.1, -0.05) is 33.8 Å². The number of hydrogen-bond acceptors (Lipinski definition) is 3. The fourth-order valence-corrected chi connectivity index (χ4v) is 4.71. The lowest BCUT2D eigenvalue weighted by molar-refractivity contribution is 0.382. The molecule has 0 saturated heterocycles. The Hall–Kier alpha value is -1.03. The molecule has 18 heavy (non-hydrogen) atoms. The molecule has 100 valence electrons. The normalized spacial score (nSPS) is 22.1. The molecule has 1 aliphatic rings. The molecule has 0 amide bonds. The summed E-state index contributed by atoms with van der Waals surface area (Å²) in [7, 11) is -3.24. The lowest BCUT2D eigenvalue weighted by Crippen LogP contribution is -2.43. The van der Waals surface area contributed by atoms with Crippen molar-refractivity contribution in [1.29, 1.82) is 0 Å². The molecule has 1 atom stereocenters. The van der Waals surface area contributed by atoms with Gasteiger partial charge in [-0.3, -0.25) is 0 Å². The Morgan fingerprint density at radius 3 is 2.56 bits per heavy atom. The van der Waals surface area contributed by atoms with E-state index in [2.05, 4.69) is 5.32 Å². The summed E-state index contributed by atoms with van der Waals surface area (Å²) >= 11 is 0. The first kappa shape index (κ1) is 13.4. The molecule has 1 N–H and O–H groups in total. The summed E-state index contributed by atoms with van der Waals surface area (Å²) in [6, 6.07) is 5.68. The van der Waals surface area contributed by atoms with Crippen LogP contribution in [0.3, 0.4) is 0 Å². The summed E-state index contributed by atoms with van der Waals surface area (Å²) in [5, 5.41) is 2.88.